The number of benzene rings is 1. The summed E-state index contributed by atoms with van der Waals surface area (Å²) >= 11 is 0. The van der Waals surface area contributed by atoms with Crippen LogP contribution in [0.3, 0.4) is 0 Å². The summed E-state index contributed by atoms with van der Waals surface area (Å²) in [5.74, 6) is -1.34. The quantitative estimate of drug-likeness (QED) is 0.456. The first kappa shape index (κ1) is 27.9. The molecule has 1 aliphatic rings. The summed E-state index contributed by atoms with van der Waals surface area (Å²) < 4.78 is 63.0. The van der Waals surface area contributed by atoms with Gasteiger partial charge in [0.25, 0.3) is 0 Å². The summed E-state index contributed by atoms with van der Waals surface area (Å²) in [6.07, 6.45) is -6.81. The average Bonchev–Trinajstić information content (AvgIpc) is 3.16. The molecule has 8 nitrogen and oxygen atoms in total. The van der Waals surface area contributed by atoms with Gasteiger partial charge >= 0.3 is 18.2 Å². The zero-order chi connectivity index (χ0) is 27.5. The highest BCUT2D eigenvalue weighted by atomic mass is 19.4. The monoisotopic (exact) mass is 525 g/mol. The van der Waals surface area contributed by atoms with Crippen LogP contribution < -0.4 is 5.32 Å². The third kappa shape index (κ3) is 7.17. The van der Waals surface area contributed by atoms with Crippen LogP contribution in [0.4, 0.5) is 22.4 Å². The zero-order valence-electron chi connectivity index (χ0n) is 20.7. The number of pyridine rings is 1. The Morgan fingerprint density at radius 3 is 2.35 bits per heavy atom. The van der Waals surface area contributed by atoms with Crippen LogP contribution in [0, 0.1) is 0 Å². The molecule has 3 rings (SSSR count). The number of ether oxygens (including phenoxy) is 2. The first-order valence-corrected chi connectivity index (χ1v) is 11.4. The summed E-state index contributed by atoms with van der Waals surface area (Å²) in [6, 6.07) is 5.55. The van der Waals surface area contributed by atoms with Crippen LogP contribution >= 0.6 is 0 Å². The van der Waals surface area contributed by atoms with Crippen LogP contribution in [-0.2, 0) is 26.9 Å². The number of nitrogens with zero attached hydrogens (tertiary/aromatic N) is 2. The molecular weight excluding hydrogens is 498 g/mol. The summed E-state index contributed by atoms with van der Waals surface area (Å²) in [5, 5.41) is 2.60. The maximum atomic E-state index is 14.1. The molecule has 2 heterocycles. The lowest BCUT2D eigenvalue weighted by Gasteiger charge is -2.28. The highest BCUT2D eigenvalue weighted by molar-refractivity contribution is 5.97. The summed E-state index contributed by atoms with van der Waals surface area (Å²) in [7, 11) is 1.15. The summed E-state index contributed by atoms with van der Waals surface area (Å²) in [5.41, 5.74) is -0.970. The van der Waals surface area contributed by atoms with E-state index in [1.165, 1.54) is 24.4 Å². The van der Waals surface area contributed by atoms with Gasteiger partial charge in [-0.3, -0.25) is 14.7 Å². The Morgan fingerprint density at radius 1 is 1.14 bits per heavy atom. The number of hydrogen-bond acceptors (Lipinski definition) is 6. The minimum Gasteiger partial charge on any atom is -0.465 e. The number of rotatable bonds is 5. The molecule has 37 heavy (non-hydrogen) atoms. The van der Waals surface area contributed by atoms with Gasteiger partial charge in [0.05, 0.1) is 36.9 Å². The fourth-order valence-electron chi connectivity index (χ4n) is 3.79. The van der Waals surface area contributed by atoms with Gasteiger partial charge in [0.15, 0.2) is 0 Å². The van der Waals surface area contributed by atoms with Crippen molar-refractivity contribution in [1.29, 1.82) is 0 Å². The predicted molar refractivity (Wildman–Crippen MR) is 124 cm³/mol. The maximum absolute atomic E-state index is 14.1. The van der Waals surface area contributed by atoms with E-state index < -0.39 is 47.6 Å². The highest BCUT2D eigenvalue weighted by Crippen LogP contribution is 2.32. The second-order valence-electron chi connectivity index (χ2n) is 9.51. The molecule has 0 bridgehead atoms. The van der Waals surface area contributed by atoms with Crippen LogP contribution in [-0.4, -0.2) is 59.4 Å². The molecule has 1 aliphatic heterocycles. The number of nitrogens with one attached hydrogen (secondary N) is 1. The van der Waals surface area contributed by atoms with Gasteiger partial charge in [0, 0.05) is 12.6 Å². The Labute approximate surface area is 210 Å². The van der Waals surface area contributed by atoms with E-state index in [0.29, 0.717) is 0 Å². The lowest BCUT2D eigenvalue weighted by Crippen LogP contribution is -2.49. The molecule has 1 saturated heterocycles. The number of methoxy groups -OCH3 is 1. The van der Waals surface area contributed by atoms with Gasteiger partial charge < -0.3 is 14.8 Å². The fraction of sp³-hybridized carbons (Fsp3) is 0.440. The predicted octanol–water partition coefficient (Wildman–Crippen LogP) is 4.52. The Bertz CT molecular complexity index is 1160. The van der Waals surface area contributed by atoms with E-state index in [-0.39, 0.29) is 41.8 Å². The molecule has 0 aliphatic carbocycles. The number of carbonyl (C=O) groups excluding carboxylic acids is 3. The van der Waals surface area contributed by atoms with E-state index in [9.17, 15) is 31.9 Å². The molecule has 200 valence electrons. The third-order valence-corrected chi connectivity index (χ3v) is 5.44. The van der Waals surface area contributed by atoms with Crippen molar-refractivity contribution in [2.75, 3.05) is 13.7 Å². The van der Waals surface area contributed by atoms with Crippen molar-refractivity contribution < 1.29 is 41.4 Å². The van der Waals surface area contributed by atoms with Crippen LogP contribution in [0.2, 0.25) is 0 Å². The molecule has 0 unspecified atom stereocenters. The number of esters is 1. The van der Waals surface area contributed by atoms with Crippen molar-refractivity contribution in [3.8, 4) is 11.1 Å². The first-order chi connectivity index (χ1) is 17.2. The number of carbonyl (C=O) groups is 3. The van der Waals surface area contributed by atoms with Crippen molar-refractivity contribution in [3.63, 3.8) is 0 Å². The van der Waals surface area contributed by atoms with Crippen molar-refractivity contribution in [1.82, 2.24) is 15.2 Å². The Kier molecular flexibility index (Phi) is 8.09. The van der Waals surface area contributed by atoms with E-state index >= 15 is 0 Å². The molecule has 0 saturated carbocycles. The standard InChI is InChI=1S/C25H27F4N3O5/c1-24(2,3)37-23(35)32-13-16(26)9-20(32)31-21(33)11-17-10-18(19(12-30-17)22(34)36-4)14-5-7-15(8-6-14)25(27,28)29/h5-8,10,12,16,20H,9,11,13H2,1-4H3,(H,31,33)/t16-,20+/m1/s1. The van der Waals surface area contributed by atoms with E-state index in [1.807, 2.05) is 0 Å². The summed E-state index contributed by atoms with van der Waals surface area (Å²) in [6.45, 7) is 4.77. The first-order valence-electron chi connectivity index (χ1n) is 11.4. The zero-order valence-corrected chi connectivity index (χ0v) is 20.7. The molecule has 0 spiro atoms. The lowest BCUT2D eigenvalue weighted by molar-refractivity contribution is -0.137. The molecule has 1 aromatic heterocycles. The Hall–Kier alpha value is -3.70. The molecule has 2 atom stereocenters. The molecule has 0 radical (unpaired) electrons. The Morgan fingerprint density at radius 2 is 1.78 bits per heavy atom. The van der Waals surface area contributed by atoms with Gasteiger partial charge in [0.1, 0.15) is 17.9 Å². The van der Waals surface area contributed by atoms with Gasteiger partial charge in [-0.25, -0.2) is 14.0 Å². The smallest absolute Gasteiger partial charge is 0.416 e. The van der Waals surface area contributed by atoms with Crippen molar-refractivity contribution in [2.45, 2.75) is 57.7 Å². The number of likely N-dealkylation sites (tertiary alicyclic amines) is 1. The summed E-state index contributed by atoms with van der Waals surface area (Å²) in [4.78, 5) is 42.6. The van der Waals surface area contributed by atoms with Crippen molar-refractivity contribution >= 4 is 18.0 Å². The van der Waals surface area contributed by atoms with Crippen LogP contribution in [0.1, 0.15) is 48.8 Å². The lowest BCUT2D eigenvalue weighted by atomic mass is 9.98. The average molecular weight is 525 g/mol. The molecule has 1 N–H and O–H groups in total. The number of halogens is 4. The van der Waals surface area contributed by atoms with Crippen LogP contribution in [0.5, 0.6) is 0 Å². The normalized spacial score (nSPS) is 17.9. The molecule has 1 fully saturated rings. The van der Waals surface area contributed by atoms with Gasteiger partial charge in [-0.15, -0.1) is 0 Å². The minimum absolute atomic E-state index is 0.00131. The molecule has 2 amide bonds. The topological polar surface area (TPSA) is 97.8 Å². The van der Waals surface area contributed by atoms with Crippen molar-refractivity contribution in [3.05, 3.63) is 53.3 Å². The van der Waals surface area contributed by atoms with E-state index in [2.05, 4.69) is 10.3 Å². The number of alkyl halides is 4. The van der Waals surface area contributed by atoms with E-state index in [1.54, 1.807) is 20.8 Å². The minimum atomic E-state index is -4.53. The van der Waals surface area contributed by atoms with E-state index in [4.69, 9.17) is 9.47 Å². The third-order valence-electron chi connectivity index (χ3n) is 5.44. The second-order valence-corrected chi connectivity index (χ2v) is 9.51. The highest BCUT2D eigenvalue weighted by Gasteiger charge is 2.38. The molecule has 12 heteroatoms. The Balaban J connectivity index is 1.81. The van der Waals surface area contributed by atoms with Crippen LogP contribution in [0.15, 0.2) is 36.5 Å². The molecule has 1 aromatic carbocycles. The fourth-order valence-corrected chi connectivity index (χ4v) is 3.79. The van der Waals surface area contributed by atoms with Crippen molar-refractivity contribution in [2.24, 2.45) is 0 Å². The second kappa shape index (κ2) is 10.7. The van der Waals surface area contributed by atoms with Gasteiger partial charge in [0.2, 0.25) is 5.91 Å². The van der Waals surface area contributed by atoms with Gasteiger partial charge in [-0.2, -0.15) is 13.2 Å². The number of aromatic nitrogens is 1. The molecular formula is C25H27F4N3O5. The largest absolute Gasteiger partial charge is 0.465 e. The number of amides is 2. The SMILES string of the molecule is COC(=O)c1cnc(CC(=O)N[C@@H]2C[C@@H](F)CN2C(=O)OC(C)(C)C)cc1-c1ccc(C(F)(F)F)cc1. The molecule has 2 aromatic rings. The van der Waals surface area contributed by atoms with E-state index in [0.717, 1.165) is 24.1 Å². The maximum Gasteiger partial charge on any atom is 0.416 e. The van der Waals surface area contributed by atoms with Gasteiger partial charge in [-0.05, 0) is 50.1 Å². The number of hydrogen-bond donors (Lipinski definition) is 1. The van der Waals surface area contributed by atoms with Gasteiger partial charge in [-0.1, -0.05) is 12.1 Å². The van der Waals surface area contributed by atoms with Crippen LogP contribution in [0.25, 0.3) is 11.1 Å².